The van der Waals surface area contributed by atoms with Crippen LogP contribution in [0.25, 0.3) is 0 Å². The number of aliphatic hydroxyl groups is 1. The van der Waals surface area contributed by atoms with E-state index in [-0.39, 0.29) is 25.1 Å². The summed E-state index contributed by atoms with van der Waals surface area (Å²) in [5, 5.41) is 9.00. The Bertz CT molecular complexity index is 444. The second-order valence-corrected chi connectivity index (χ2v) is 6.09. The molecule has 1 fully saturated rings. The molecular weight excluding hydrogens is 266 g/mol. The first kappa shape index (κ1) is 14.2. The smallest absolute Gasteiger partial charge is 0.266 e. The van der Waals surface area contributed by atoms with Crippen molar-refractivity contribution < 1.29 is 14.6 Å². The summed E-state index contributed by atoms with van der Waals surface area (Å²) in [7, 11) is 0. The first-order chi connectivity index (χ1) is 8.95. The number of hydrogen-bond donors (Lipinski definition) is 1. The molecule has 1 aromatic rings. The maximum atomic E-state index is 12.0. The van der Waals surface area contributed by atoms with E-state index in [2.05, 4.69) is 0 Å². The van der Waals surface area contributed by atoms with Gasteiger partial charge in [-0.1, -0.05) is 18.2 Å². The third kappa shape index (κ3) is 2.85. The zero-order chi connectivity index (χ0) is 14.0. The highest BCUT2D eigenvalue weighted by Gasteiger charge is 2.55. The fourth-order valence-corrected chi connectivity index (χ4v) is 2.60. The van der Waals surface area contributed by atoms with Crippen LogP contribution in [0.2, 0.25) is 0 Å². The lowest BCUT2D eigenvalue weighted by Crippen LogP contribution is -2.72. The number of likely N-dealkylation sites (tertiary alicyclic amines) is 1. The minimum Gasteiger partial charge on any atom is -0.478 e. The van der Waals surface area contributed by atoms with E-state index in [9.17, 15) is 4.79 Å². The summed E-state index contributed by atoms with van der Waals surface area (Å²) in [5.74, 6) is 0.520. The first-order valence-corrected chi connectivity index (χ1v) is 6.65. The number of carbonyl (C=O) groups is 1. The van der Waals surface area contributed by atoms with E-state index in [4.69, 9.17) is 21.4 Å². The maximum absolute atomic E-state index is 12.0. The Hall–Kier alpha value is -1.26. The number of hydrogen-bond acceptors (Lipinski definition) is 3. The lowest BCUT2D eigenvalue weighted by atomic mass is 9.87. The van der Waals surface area contributed by atoms with Gasteiger partial charge in [0.2, 0.25) is 0 Å². The minimum absolute atomic E-state index is 0.0761. The number of para-hydroxylation sites is 1. The number of carbonyl (C=O) groups excluding carboxylic acids is 1. The summed E-state index contributed by atoms with van der Waals surface area (Å²) in [6.07, 6.45) is -0.582. The number of benzene rings is 1. The minimum atomic E-state index is -0.609. The Labute approximate surface area is 117 Å². The molecule has 2 rings (SSSR count). The molecule has 1 aromatic carbocycles. The summed E-state index contributed by atoms with van der Waals surface area (Å²) in [5.41, 5.74) is 0. The number of alkyl halides is 1. The van der Waals surface area contributed by atoms with E-state index in [1.807, 2.05) is 32.0 Å². The number of β-amino-alcohol motifs (C(OH)–C–C–N with tert-alkyl or cyclic N) is 1. The van der Waals surface area contributed by atoms with Crippen LogP contribution in [0.5, 0.6) is 5.75 Å². The average Bonchev–Trinajstić information content (AvgIpc) is 2.36. The van der Waals surface area contributed by atoms with Gasteiger partial charge in [-0.05, 0) is 26.0 Å². The van der Waals surface area contributed by atoms with Gasteiger partial charge in [0.15, 0.2) is 6.10 Å². The summed E-state index contributed by atoms with van der Waals surface area (Å²) in [4.78, 5) is 13.0. The number of aliphatic hydroxyl groups excluding tert-OH is 1. The largest absolute Gasteiger partial charge is 0.478 e. The zero-order valence-corrected chi connectivity index (χ0v) is 11.8. The lowest BCUT2D eigenvalue weighted by Gasteiger charge is -2.51. The van der Waals surface area contributed by atoms with Gasteiger partial charge in [0, 0.05) is 6.54 Å². The predicted molar refractivity (Wildman–Crippen MR) is 73.4 cm³/mol. The molecule has 1 aliphatic heterocycles. The van der Waals surface area contributed by atoms with E-state index in [1.54, 1.807) is 17.0 Å². The van der Waals surface area contributed by atoms with Crippen LogP contribution in [0, 0.1) is 0 Å². The van der Waals surface area contributed by atoms with Gasteiger partial charge in [0.25, 0.3) is 5.91 Å². The fraction of sp³-hybridized carbons (Fsp3) is 0.500. The highest BCUT2D eigenvalue weighted by molar-refractivity contribution is 6.24. The third-order valence-corrected chi connectivity index (χ3v) is 3.42. The normalized spacial score (nSPS) is 23.2. The Morgan fingerprint density at radius 2 is 2.00 bits per heavy atom. The molecule has 0 radical (unpaired) electrons. The van der Waals surface area contributed by atoms with Crippen molar-refractivity contribution in [2.24, 2.45) is 0 Å². The van der Waals surface area contributed by atoms with E-state index in [0.717, 1.165) is 0 Å². The number of rotatable bonds is 5. The van der Waals surface area contributed by atoms with Crippen molar-refractivity contribution in [2.75, 3.05) is 13.2 Å². The summed E-state index contributed by atoms with van der Waals surface area (Å²) in [6.45, 7) is 3.90. The van der Waals surface area contributed by atoms with Gasteiger partial charge < -0.3 is 14.7 Å². The topological polar surface area (TPSA) is 49.8 Å². The van der Waals surface area contributed by atoms with Crippen molar-refractivity contribution in [3.8, 4) is 5.75 Å². The number of ether oxygens (including phenoxy) is 1. The molecular formula is C14H18ClNO3. The maximum Gasteiger partial charge on any atom is 0.266 e. The van der Waals surface area contributed by atoms with Crippen molar-refractivity contribution in [3.63, 3.8) is 0 Å². The molecule has 1 N–H and O–H groups in total. The molecule has 1 heterocycles. The number of β-lactam (4-membered cyclic amide) rings is 1. The molecule has 0 unspecified atom stereocenters. The van der Waals surface area contributed by atoms with Gasteiger partial charge in [-0.3, -0.25) is 4.79 Å². The first-order valence-electron chi connectivity index (χ1n) is 6.27. The fourth-order valence-electron chi connectivity index (χ4n) is 2.36. The van der Waals surface area contributed by atoms with Crippen LogP contribution in [-0.4, -0.2) is 46.1 Å². The molecule has 0 saturated carbocycles. The van der Waals surface area contributed by atoms with E-state index >= 15 is 0 Å². The molecule has 19 heavy (non-hydrogen) atoms. The van der Waals surface area contributed by atoms with E-state index in [0.29, 0.717) is 5.75 Å². The van der Waals surface area contributed by atoms with Crippen LogP contribution < -0.4 is 4.74 Å². The van der Waals surface area contributed by atoms with Gasteiger partial charge >= 0.3 is 0 Å². The molecule has 4 nitrogen and oxygen atoms in total. The molecule has 0 aromatic heterocycles. The van der Waals surface area contributed by atoms with Crippen molar-refractivity contribution in [3.05, 3.63) is 30.3 Å². The van der Waals surface area contributed by atoms with Crippen molar-refractivity contribution in [1.29, 1.82) is 0 Å². The van der Waals surface area contributed by atoms with Crippen molar-refractivity contribution >= 4 is 17.5 Å². The summed E-state index contributed by atoms with van der Waals surface area (Å²) >= 11 is 6.34. The highest BCUT2D eigenvalue weighted by Crippen LogP contribution is 2.35. The van der Waals surface area contributed by atoms with E-state index < -0.39 is 11.0 Å². The zero-order valence-electron chi connectivity index (χ0n) is 11.0. The van der Waals surface area contributed by atoms with Crippen LogP contribution >= 0.6 is 11.6 Å². The van der Waals surface area contributed by atoms with Crippen LogP contribution in [0.1, 0.15) is 13.8 Å². The molecule has 0 aliphatic carbocycles. The van der Waals surface area contributed by atoms with E-state index in [1.165, 1.54) is 0 Å². The number of nitrogens with zero attached hydrogens (tertiary/aromatic N) is 1. The van der Waals surface area contributed by atoms with Crippen molar-refractivity contribution in [2.45, 2.75) is 30.9 Å². The lowest BCUT2D eigenvalue weighted by molar-refractivity contribution is -0.166. The highest BCUT2D eigenvalue weighted by atomic mass is 35.5. The molecule has 0 spiro atoms. The molecule has 1 aliphatic rings. The third-order valence-electron chi connectivity index (χ3n) is 3.20. The van der Waals surface area contributed by atoms with Crippen LogP contribution in [0.3, 0.4) is 0 Å². The summed E-state index contributed by atoms with van der Waals surface area (Å²) < 4.78 is 5.72. The van der Waals surface area contributed by atoms with Crippen LogP contribution in [0.4, 0.5) is 0 Å². The Kier molecular flexibility index (Phi) is 4.02. The van der Waals surface area contributed by atoms with Gasteiger partial charge in [-0.15, -0.1) is 11.6 Å². The molecule has 1 saturated heterocycles. The molecule has 5 heteroatoms. The predicted octanol–water partition coefficient (Wildman–Crippen LogP) is 1.65. The standard InChI is InChI=1S/C14H18ClNO3/c1-14(2,15)12-11(13(18)16(12)8-9-17)19-10-6-4-3-5-7-10/h3-7,11-12,17H,8-9H2,1-2H3/t11-,12-/m0/s1. The van der Waals surface area contributed by atoms with Gasteiger partial charge in [0.1, 0.15) is 5.75 Å². The van der Waals surface area contributed by atoms with Crippen molar-refractivity contribution in [1.82, 2.24) is 4.90 Å². The monoisotopic (exact) mass is 283 g/mol. The molecule has 0 bridgehead atoms. The molecule has 2 atom stereocenters. The molecule has 1 amide bonds. The van der Waals surface area contributed by atoms with Crippen LogP contribution in [0.15, 0.2) is 30.3 Å². The van der Waals surface area contributed by atoms with Gasteiger partial charge in [-0.25, -0.2) is 0 Å². The number of halogens is 1. The van der Waals surface area contributed by atoms with Gasteiger partial charge in [0.05, 0.1) is 17.5 Å². The average molecular weight is 284 g/mol. The second kappa shape index (κ2) is 5.39. The SMILES string of the molecule is CC(C)(Cl)[C@@H]1[C@H](Oc2ccccc2)C(=O)N1CCO. The molecule has 104 valence electrons. The van der Waals surface area contributed by atoms with Crippen LogP contribution in [-0.2, 0) is 4.79 Å². The van der Waals surface area contributed by atoms with Gasteiger partial charge in [-0.2, -0.15) is 0 Å². The second-order valence-electron chi connectivity index (χ2n) is 5.12. The Morgan fingerprint density at radius 3 is 2.53 bits per heavy atom. The Balaban J connectivity index is 2.13. The quantitative estimate of drug-likeness (QED) is 0.660. The Morgan fingerprint density at radius 1 is 1.37 bits per heavy atom. The number of amides is 1. The summed E-state index contributed by atoms with van der Waals surface area (Å²) in [6, 6.07) is 8.96.